The summed E-state index contributed by atoms with van der Waals surface area (Å²) in [5, 5.41) is 3.17. The third kappa shape index (κ3) is 4.39. The molecule has 0 bridgehead atoms. The zero-order chi connectivity index (χ0) is 22.7. The maximum absolute atomic E-state index is 13.1. The highest BCUT2D eigenvalue weighted by molar-refractivity contribution is 7.89. The van der Waals surface area contributed by atoms with Gasteiger partial charge < -0.3 is 15.0 Å². The number of nitrogens with zero attached hydrogens (tertiary/aromatic N) is 1. The molecule has 0 radical (unpaired) electrons. The summed E-state index contributed by atoms with van der Waals surface area (Å²) in [6, 6.07) is 13.0. The number of ether oxygens (including phenoxy) is 1. The van der Waals surface area contributed by atoms with Crippen molar-refractivity contribution in [2.45, 2.75) is 30.7 Å². The number of pyridine rings is 1. The molecular formula is C23H25N3O5S. The zero-order valence-electron chi connectivity index (χ0n) is 17.8. The number of amides is 1. The highest BCUT2D eigenvalue weighted by Gasteiger charge is 2.26. The van der Waals surface area contributed by atoms with Gasteiger partial charge in [-0.3, -0.25) is 9.59 Å². The predicted octanol–water partition coefficient (Wildman–Crippen LogP) is 2.64. The third-order valence-electron chi connectivity index (χ3n) is 5.64. The Balaban J connectivity index is 1.68. The molecule has 2 N–H and O–H groups in total. The molecule has 0 saturated carbocycles. The number of carbonyl (C=O) groups is 1. The van der Waals surface area contributed by atoms with E-state index >= 15 is 0 Å². The van der Waals surface area contributed by atoms with E-state index in [-0.39, 0.29) is 17.0 Å². The summed E-state index contributed by atoms with van der Waals surface area (Å²) in [6.45, 7) is 1.17. The first-order chi connectivity index (χ1) is 15.4. The molecule has 1 amide bonds. The van der Waals surface area contributed by atoms with Gasteiger partial charge in [0, 0.05) is 42.2 Å². The number of hydrogen-bond donors (Lipinski definition) is 2. The second kappa shape index (κ2) is 9.13. The van der Waals surface area contributed by atoms with Crippen LogP contribution in [0.15, 0.2) is 58.2 Å². The Labute approximate surface area is 186 Å². The molecule has 1 aromatic heterocycles. The molecule has 0 aliphatic carbocycles. The number of hydrogen-bond acceptors (Lipinski definition) is 5. The fourth-order valence-electron chi connectivity index (χ4n) is 3.96. The number of methoxy groups -OCH3 is 1. The lowest BCUT2D eigenvalue weighted by Crippen LogP contribution is -2.35. The van der Waals surface area contributed by atoms with E-state index in [0.717, 1.165) is 24.8 Å². The van der Waals surface area contributed by atoms with E-state index in [1.54, 1.807) is 13.2 Å². The molecule has 1 aliphatic heterocycles. The summed E-state index contributed by atoms with van der Waals surface area (Å²) in [4.78, 5) is 27.9. The maximum Gasteiger partial charge on any atom is 0.252 e. The highest BCUT2D eigenvalue weighted by atomic mass is 32.2. The van der Waals surface area contributed by atoms with Crippen LogP contribution in [0.3, 0.4) is 0 Å². The summed E-state index contributed by atoms with van der Waals surface area (Å²) in [6.07, 6.45) is 2.68. The maximum atomic E-state index is 13.1. The van der Waals surface area contributed by atoms with E-state index in [0.29, 0.717) is 29.7 Å². The molecule has 2 aromatic carbocycles. The number of carbonyl (C=O) groups excluding carboxylic acids is 1. The van der Waals surface area contributed by atoms with Crippen molar-refractivity contribution < 1.29 is 17.9 Å². The average molecular weight is 456 g/mol. The van der Waals surface area contributed by atoms with Crippen LogP contribution in [0.2, 0.25) is 0 Å². The number of sulfonamides is 1. The summed E-state index contributed by atoms with van der Waals surface area (Å²) < 4.78 is 33.0. The molecule has 1 saturated heterocycles. The number of nitrogens with one attached hydrogen (secondary N) is 2. The summed E-state index contributed by atoms with van der Waals surface area (Å²) in [7, 11) is -2.13. The lowest BCUT2D eigenvalue weighted by Gasteiger charge is -2.26. The van der Waals surface area contributed by atoms with E-state index < -0.39 is 21.5 Å². The summed E-state index contributed by atoms with van der Waals surface area (Å²) >= 11 is 0. The first-order valence-electron chi connectivity index (χ1n) is 10.5. The van der Waals surface area contributed by atoms with Gasteiger partial charge in [0.05, 0.1) is 17.6 Å². The van der Waals surface area contributed by atoms with Gasteiger partial charge in [-0.1, -0.05) is 24.6 Å². The van der Waals surface area contributed by atoms with Crippen molar-refractivity contribution in [3.63, 3.8) is 0 Å². The van der Waals surface area contributed by atoms with E-state index in [1.807, 2.05) is 18.2 Å². The van der Waals surface area contributed by atoms with Crippen molar-refractivity contribution >= 4 is 26.8 Å². The molecule has 1 aliphatic rings. The largest absolute Gasteiger partial charge is 0.496 e. The van der Waals surface area contributed by atoms with Gasteiger partial charge in [0.1, 0.15) is 5.75 Å². The van der Waals surface area contributed by atoms with Crippen LogP contribution in [0.5, 0.6) is 5.75 Å². The van der Waals surface area contributed by atoms with Crippen LogP contribution >= 0.6 is 0 Å². The molecule has 8 nitrogen and oxygen atoms in total. The standard InChI is InChI=1S/C23H25N3O5S/c1-31-21-8-4-3-7-16(21)15-24-23(28)19-14-22(27)25-20-10-9-17(13-18(19)20)32(29,30)26-11-5-2-6-12-26/h3-4,7-10,13-14H,2,5-6,11-12,15H2,1H3,(H,24,28)(H,25,27). The van der Waals surface area contributed by atoms with Crippen molar-refractivity contribution in [2.75, 3.05) is 20.2 Å². The van der Waals surface area contributed by atoms with Gasteiger partial charge in [0.15, 0.2) is 0 Å². The molecule has 2 heterocycles. The first kappa shape index (κ1) is 22.0. The van der Waals surface area contributed by atoms with Crippen molar-refractivity contribution in [2.24, 2.45) is 0 Å². The highest BCUT2D eigenvalue weighted by Crippen LogP contribution is 2.25. The molecule has 4 rings (SSSR count). The topological polar surface area (TPSA) is 109 Å². The molecule has 32 heavy (non-hydrogen) atoms. The summed E-state index contributed by atoms with van der Waals surface area (Å²) in [5.74, 6) is 0.165. The monoisotopic (exact) mass is 455 g/mol. The van der Waals surface area contributed by atoms with E-state index in [9.17, 15) is 18.0 Å². The van der Waals surface area contributed by atoms with Gasteiger partial charge in [0.2, 0.25) is 15.6 Å². The lowest BCUT2D eigenvalue weighted by molar-refractivity contribution is 0.0952. The Kier molecular flexibility index (Phi) is 6.29. The normalized spacial score (nSPS) is 14.9. The van der Waals surface area contributed by atoms with Crippen LogP contribution in [-0.2, 0) is 16.6 Å². The number of aromatic nitrogens is 1. The van der Waals surface area contributed by atoms with Crippen molar-refractivity contribution in [3.8, 4) is 5.75 Å². The SMILES string of the molecule is COc1ccccc1CNC(=O)c1cc(=O)[nH]c2ccc(S(=O)(=O)N3CCCCC3)cc12. The van der Waals surface area contributed by atoms with Crippen LogP contribution in [0.25, 0.3) is 10.9 Å². The second-order valence-corrected chi connectivity index (χ2v) is 9.65. The second-order valence-electron chi connectivity index (χ2n) is 7.71. The molecule has 0 spiro atoms. The number of H-pyrrole nitrogens is 1. The van der Waals surface area contributed by atoms with Gasteiger partial charge in [0.25, 0.3) is 5.91 Å². The smallest absolute Gasteiger partial charge is 0.252 e. The minimum Gasteiger partial charge on any atom is -0.496 e. The third-order valence-corrected chi connectivity index (χ3v) is 7.54. The number of benzene rings is 2. The number of para-hydroxylation sites is 1. The minimum absolute atomic E-state index is 0.109. The Bertz CT molecular complexity index is 1310. The van der Waals surface area contributed by atoms with E-state index in [2.05, 4.69) is 10.3 Å². The Morgan fingerprint density at radius 3 is 2.59 bits per heavy atom. The molecule has 3 aromatic rings. The van der Waals surface area contributed by atoms with Gasteiger partial charge in [-0.25, -0.2) is 8.42 Å². The molecule has 9 heteroatoms. The Morgan fingerprint density at radius 2 is 1.84 bits per heavy atom. The van der Waals surface area contributed by atoms with Gasteiger partial charge in [-0.15, -0.1) is 0 Å². The average Bonchev–Trinajstić information content (AvgIpc) is 2.82. The Morgan fingerprint density at radius 1 is 1.09 bits per heavy atom. The molecule has 168 valence electrons. The fourth-order valence-corrected chi connectivity index (χ4v) is 5.50. The summed E-state index contributed by atoms with van der Waals surface area (Å²) in [5.41, 5.74) is 0.865. The minimum atomic E-state index is -3.68. The number of aromatic amines is 1. The van der Waals surface area contributed by atoms with Gasteiger partial charge >= 0.3 is 0 Å². The number of rotatable bonds is 6. The first-order valence-corrected chi connectivity index (χ1v) is 11.9. The van der Waals surface area contributed by atoms with Crippen molar-refractivity contribution in [1.82, 2.24) is 14.6 Å². The van der Waals surface area contributed by atoms with Crippen LogP contribution in [-0.4, -0.2) is 43.8 Å². The number of fused-ring (bicyclic) bond motifs is 1. The van der Waals surface area contributed by atoms with E-state index in [4.69, 9.17) is 4.74 Å². The van der Waals surface area contributed by atoms with Crippen LogP contribution < -0.4 is 15.6 Å². The van der Waals surface area contributed by atoms with Crippen LogP contribution in [0, 0.1) is 0 Å². The van der Waals surface area contributed by atoms with Gasteiger partial charge in [-0.05, 0) is 37.1 Å². The zero-order valence-corrected chi connectivity index (χ0v) is 18.6. The molecule has 1 fully saturated rings. The van der Waals surface area contributed by atoms with Crippen LogP contribution in [0.1, 0.15) is 35.2 Å². The van der Waals surface area contributed by atoms with Crippen molar-refractivity contribution in [3.05, 3.63) is 70.0 Å². The van der Waals surface area contributed by atoms with Crippen LogP contribution in [0.4, 0.5) is 0 Å². The predicted molar refractivity (Wildman–Crippen MR) is 121 cm³/mol. The van der Waals surface area contributed by atoms with E-state index in [1.165, 1.54) is 28.6 Å². The lowest BCUT2D eigenvalue weighted by atomic mass is 10.1. The fraction of sp³-hybridized carbons (Fsp3) is 0.304. The van der Waals surface area contributed by atoms with Crippen molar-refractivity contribution in [1.29, 1.82) is 0 Å². The molecule has 0 unspecified atom stereocenters. The number of piperidine rings is 1. The Hall–Kier alpha value is -3.17. The van der Waals surface area contributed by atoms with Gasteiger partial charge in [-0.2, -0.15) is 4.31 Å². The quantitative estimate of drug-likeness (QED) is 0.594. The molecule has 0 atom stereocenters. The molecular weight excluding hydrogens is 430 g/mol.